The van der Waals surface area contributed by atoms with Crippen LogP contribution in [0.25, 0.3) is 11.3 Å². The first kappa shape index (κ1) is 21.3. The molecular weight excluding hydrogens is 400 g/mol. The van der Waals surface area contributed by atoms with E-state index in [0.717, 1.165) is 34.7 Å². The number of nitrogens with zero attached hydrogens (tertiary/aromatic N) is 1. The van der Waals surface area contributed by atoms with Crippen molar-refractivity contribution < 1.29 is 9.59 Å². The van der Waals surface area contributed by atoms with Gasteiger partial charge in [-0.3, -0.25) is 9.59 Å². The second-order valence-corrected chi connectivity index (χ2v) is 7.88. The third-order valence-electron chi connectivity index (χ3n) is 5.25. The molecule has 1 aliphatic rings. The zero-order chi connectivity index (χ0) is 22.5. The van der Waals surface area contributed by atoms with Crippen LogP contribution < -0.4 is 16.0 Å². The first-order chi connectivity index (χ1) is 15.5. The zero-order valence-electron chi connectivity index (χ0n) is 18.2. The van der Waals surface area contributed by atoms with Gasteiger partial charge >= 0.3 is 0 Å². The highest BCUT2D eigenvalue weighted by Gasteiger charge is 2.28. The van der Waals surface area contributed by atoms with Crippen LogP contribution in [0, 0.1) is 0 Å². The molecule has 2 amide bonds. The van der Waals surface area contributed by atoms with Gasteiger partial charge in [0, 0.05) is 35.6 Å². The lowest BCUT2D eigenvalue weighted by atomic mass is 10.00. The fourth-order valence-corrected chi connectivity index (χ4v) is 3.59. The second kappa shape index (κ2) is 9.49. The maximum atomic E-state index is 12.9. The minimum Gasteiger partial charge on any atom is -0.354 e. The molecule has 1 aliphatic heterocycles. The van der Waals surface area contributed by atoms with Gasteiger partial charge in [-0.15, -0.1) is 0 Å². The third-order valence-corrected chi connectivity index (χ3v) is 5.25. The molecule has 6 heteroatoms. The molecule has 0 spiro atoms. The summed E-state index contributed by atoms with van der Waals surface area (Å²) >= 11 is 0. The predicted molar refractivity (Wildman–Crippen MR) is 129 cm³/mol. The number of anilines is 2. The van der Waals surface area contributed by atoms with Crippen molar-refractivity contribution in [3.63, 3.8) is 0 Å². The summed E-state index contributed by atoms with van der Waals surface area (Å²) in [5, 5.41) is 9.27. The number of carbonyl (C=O) groups is 2. The van der Waals surface area contributed by atoms with E-state index in [9.17, 15) is 9.59 Å². The lowest BCUT2D eigenvalue weighted by Crippen LogP contribution is -2.31. The van der Waals surface area contributed by atoms with Crippen molar-refractivity contribution >= 4 is 34.5 Å². The standard InChI is InChI=1S/C26H26N4O2/c1-30(2)17-16-27-25(31)19-12-14-20(15-13-19)28-24(18-8-4-3-5-9-18)23-21-10-6-7-11-22(21)29-26(23)32/h3-15,28H,16-17H2,1-2H3,(H,27,31)(H,29,32)/b24-23-. The van der Waals surface area contributed by atoms with Crippen LogP contribution in [-0.2, 0) is 4.79 Å². The molecule has 3 aromatic carbocycles. The van der Waals surface area contributed by atoms with Crippen LogP contribution in [0.3, 0.4) is 0 Å². The van der Waals surface area contributed by atoms with E-state index in [0.29, 0.717) is 17.7 Å². The molecule has 0 saturated heterocycles. The molecule has 162 valence electrons. The molecule has 4 rings (SSSR count). The molecule has 0 aromatic heterocycles. The van der Waals surface area contributed by atoms with E-state index in [-0.39, 0.29) is 11.8 Å². The second-order valence-electron chi connectivity index (χ2n) is 7.88. The Bertz CT molecular complexity index is 1150. The summed E-state index contributed by atoms with van der Waals surface area (Å²) < 4.78 is 0. The van der Waals surface area contributed by atoms with Gasteiger partial charge in [0.25, 0.3) is 11.8 Å². The van der Waals surface area contributed by atoms with Crippen molar-refractivity contribution in [3.05, 3.63) is 95.6 Å². The van der Waals surface area contributed by atoms with Gasteiger partial charge in [0.05, 0.1) is 11.3 Å². The Kier molecular flexibility index (Phi) is 6.33. The van der Waals surface area contributed by atoms with Crippen LogP contribution in [0.15, 0.2) is 78.9 Å². The first-order valence-electron chi connectivity index (χ1n) is 10.5. The number of amides is 2. The fraction of sp³-hybridized carbons (Fsp3) is 0.154. The lowest BCUT2D eigenvalue weighted by molar-refractivity contribution is -0.110. The Morgan fingerprint density at radius 2 is 1.56 bits per heavy atom. The van der Waals surface area contributed by atoms with E-state index in [1.807, 2.05) is 85.7 Å². The van der Waals surface area contributed by atoms with Crippen LogP contribution in [-0.4, -0.2) is 43.9 Å². The molecule has 0 fully saturated rings. The molecule has 6 nitrogen and oxygen atoms in total. The number of rotatable bonds is 7. The lowest BCUT2D eigenvalue weighted by Gasteiger charge is -2.15. The molecular formula is C26H26N4O2. The van der Waals surface area contributed by atoms with Crippen molar-refractivity contribution in [1.29, 1.82) is 0 Å². The fourth-order valence-electron chi connectivity index (χ4n) is 3.59. The quantitative estimate of drug-likeness (QED) is 0.501. The van der Waals surface area contributed by atoms with Crippen molar-refractivity contribution in [2.24, 2.45) is 0 Å². The zero-order valence-corrected chi connectivity index (χ0v) is 18.2. The molecule has 0 radical (unpaired) electrons. The Morgan fingerprint density at radius 3 is 2.28 bits per heavy atom. The summed E-state index contributed by atoms with van der Waals surface area (Å²) in [6.45, 7) is 1.37. The van der Waals surface area contributed by atoms with Crippen LogP contribution in [0.4, 0.5) is 11.4 Å². The summed E-state index contributed by atoms with van der Waals surface area (Å²) in [5.74, 6) is -0.251. The summed E-state index contributed by atoms with van der Waals surface area (Å²) in [6.07, 6.45) is 0. The van der Waals surface area contributed by atoms with Gasteiger partial charge < -0.3 is 20.9 Å². The molecule has 0 aliphatic carbocycles. The Balaban J connectivity index is 1.63. The number of fused-ring (bicyclic) bond motifs is 1. The highest BCUT2D eigenvalue weighted by molar-refractivity contribution is 6.37. The van der Waals surface area contributed by atoms with Gasteiger partial charge in [-0.1, -0.05) is 48.5 Å². The predicted octanol–water partition coefficient (Wildman–Crippen LogP) is 3.91. The Hall–Kier alpha value is -3.90. The normalized spacial score (nSPS) is 14.0. The van der Waals surface area contributed by atoms with Crippen LogP contribution in [0.1, 0.15) is 21.5 Å². The molecule has 0 unspecified atom stereocenters. The number of carbonyl (C=O) groups excluding carboxylic acids is 2. The first-order valence-corrected chi connectivity index (χ1v) is 10.5. The van der Waals surface area contributed by atoms with Crippen molar-refractivity contribution in [3.8, 4) is 0 Å². The van der Waals surface area contributed by atoms with Gasteiger partial charge in [0.2, 0.25) is 0 Å². The van der Waals surface area contributed by atoms with E-state index >= 15 is 0 Å². The van der Waals surface area contributed by atoms with Crippen LogP contribution in [0.5, 0.6) is 0 Å². The molecule has 1 heterocycles. The number of hydrogen-bond acceptors (Lipinski definition) is 4. The number of nitrogens with one attached hydrogen (secondary N) is 3. The number of likely N-dealkylation sites (N-methyl/N-ethyl adjacent to an activating group) is 1. The summed E-state index contributed by atoms with van der Waals surface area (Å²) in [4.78, 5) is 27.2. The molecule has 3 N–H and O–H groups in total. The molecule has 0 bridgehead atoms. The average molecular weight is 427 g/mol. The molecule has 0 atom stereocenters. The Morgan fingerprint density at radius 1 is 0.875 bits per heavy atom. The average Bonchev–Trinajstić information content (AvgIpc) is 3.13. The van der Waals surface area contributed by atoms with E-state index in [2.05, 4.69) is 16.0 Å². The van der Waals surface area contributed by atoms with Gasteiger partial charge in [0.15, 0.2) is 0 Å². The van der Waals surface area contributed by atoms with E-state index in [1.165, 1.54) is 0 Å². The minimum atomic E-state index is -0.144. The highest BCUT2D eigenvalue weighted by Crippen LogP contribution is 2.37. The summed E-state index contributed by atoms with van der Waals surface area (Å²) in [7, 11) is 3.93. The highest BCUT2D eigenvalue weighted by atomic mass is 16.2. The van der Waals surface area contributed by atoms with Crippen molar-refractivity contribution in [2.75, 3.05) is 37.8 Å². The maximum Gasteiger partial charge on any atom is 0.258 e. The van der Waals surface area contributed by atoms with E-state index in [1.54, 1.807) is 12.1 Å². The summed E-state index contributed by atoms with van der Waals surface area (Å²) in [6, 6.07) is 24.7. The third kappa shape index (κ3) is 4.71. The largest absolute Gasteiger partial charge is 0.354 e. The van der Waals surface area contributed by atoms with Crippen LogP contribution in [0.2, 0.25) is 0 Å². The topological polar surface area (TPSA) is 73.5 Å². The van der Waals surface area contributed by atoms with Gasteiger partial charge in [0.1, 0.15) is 0 Å². The molecule has 32 heavy (non-hydrogen) atoms. The van der Waals surface area contributed by atoms with Crippen molar-refractivity contribution in [2.45, 2.75) is 0 Å². The summed E-state index contributed by atoms with van der Waals surface area (Å²) in [5.41, 5.74) is 5.26. The maximum absolute atomic E-state index is 12.9. The smallest absolute Gasteiger partial charge is 0.258 e. The van der Waals surface area contributed by atoms with Crippen molar-refractivity contribution in [1.82, 2.24) is 10.2 Å². The van der Waals surface area contributed by atoms with Gasteiger partial charge in [-0.25, -0.2) is 0 Å². The van der Waals surface area contributed by atoms with Gasteiger partial charge in [-0.05, 0) is 50.0 Å². The SMILES string of the molecule is CN(C)CCNC(=O)c1ccc(N/C(=C2\C(=O)Nc3ccccc32)c2ccccc2)cc1. The van der Waals surface area contributed by atoms with E-state index < -0.39 is 0 Å². The van der Waals surface area contributed by atoms with Crippen LogP contribution >= 0.6 is 0 Å². The van der Waals surface area contributed by atoms with E-state index in [4.69, 9.17) is 0 Å². The molecule has 3 aromatic rings. The number of para-hydroxylation sites is 1. The minimum absolute atomic E-state index is 0.107. The molecule has 0 saturated carbocycles. The Labute approximate surface area is 188 Å². The number of hydrogen-bond donors (Lipinski definition) is 3. The van der Waals surface area contributed by atoms with Gasteiger partial charge in [-0.2, -0.15) is 0 Å². The number of benzene rings is 3. The monoisotopic (exact) mass is 426 g/mol.